The van der Waals surface area contributed by atoms with E-state index in [0.29, 0.717) is 12.4 Å². The third-order valence-electron chi connectivity index (χ3n) is 6.28. The first kappa shape index (κ1) is 24.0. The van der Waals surface area contributed by atoms with Crippen molar-refractivity contribution < 1.29 is 17.9 Å². The second kappa shape index (κ2) is 9.99. The zero-order chi connectivity index (χ0) is 24.3. The Hall–Kier alpha value is -3.17. The minimum atomic E-state index is -3.83. The summed E-state index contributed by atoms with van der Waals surface area (Å²) in [7, 11) is -0.535. The molecule has 0 spiro atoms. The fraction of sp³-hybridized carbons (Fsp3) is 0.360. The predicted molar refractivity (Wildman–Crippen MR) is 129 cm³/mol. The molecule has 0 saturated carbocycles. The van der Waals surface area contributed by atoms with Crippen molar-refractivity contribution in [1.82, 2.24) is 19.2 Å². The number of methoxy groups -OCH3 is 1. The standard InChI is InChI=1S/C25H30N4O4S/c1-18-9-7-8-15-29(18)34(31,32)22-17-20(12-13-21(22)33-3)25(30)27-23(19-10-5-4-6-11-19)24-26-14-16-28(24)2/h4-6,10-14,16-18,23H,7-9,15H2,1-3H3,(H,27,30)/t18-,23+/m1/s1. The van der Waals surface area contributed by atoms with Crippen LogP contribution in [0.5, 0.6) is 5.75 Å². The number of nitrogens with one attached hydrogen (secondary N) is 1. The summed E-state index contributed by atoms with van der Waals surface area (Å²) >= 11 is 0. The van der Waals surface area contributed by atoms with Gasteiger partial charge in [0.05, 0.1) is 7.11 Å². The van der Waals surface area contributed by atoms with Gasteiger partial charge in [0, 0.05) is 37.6 Å². The number of aromatic nitrogens is 2. The van der Waals surface area contributed by atoms with E-state index in [4.69, 9.17) is 4.74 Å². The summed E-state index contributed by atoms with van der Waals surface area (Å²) in [6.07, 6.45) is 6.12. The molecular weight excluding hydrogens is 452 g/mol. The maximum absolute atomic E-state index is 13.5. The first-order valence-corrected chi connectivity index (χ1v) is 12.8. The summed E-state index contributed by atoms with van der Waals surface area (Å²) in [5.74, 6) is 0.490. The SMILES string of the molecule is COc1ccc(C(=O)N[C@@H](c2ccccc2)c2nccn2C)cc1S(=O)(=O)N1CCCC[C@H]1C. The van der Waals surface area contributed by atoms with Crippen LogP contribution >= 0.6 is 0 Å². The maximum Gasteiger partial charge on any atom is 0.252 e. The fourth-order valence-corrected chi connectivity index (χ4v) is 6.27. The number of aryl methyl sites for hydroxylation is 1. The van der Waals surface area contributed by atoms with Crippen molar-refractivity contribution in [3.8, 4) is 5.75 Å². The summed E-state index contributed by atoms with van der Waals surface area (Å²) in [5, 5.41) is 3.03. The highest BCUT2D eigenvalue weighted by atomic mass is 32.2. The average Bonchev–Trinajstić information content (AvgIpc) is 3.28. The third kappa shape index (κ3) is 4.71. The molecule has 2 heterocycles. The number of nitrogens with zero attached hydrogens (tertiary/aromatic N) is 3. The Labute approximate surface area is 200 Å². The molecule has 1 aliphatic rings. The molecule has 0 unspecified atom stereocenters. The summed E-state index contributed by atoms with van der Waals surface area (Å²) in [6, 6.07) is 13.5. The van der Waals surface area contributed by atoms with Gasteiger partial charge in [-0.25, -0.2) is 13.4 Å². The van der Waals surface area contributed by atoms with Gasteiger partial charge in [0.2, 0.25) is 10.0 Å². The number of benzene rings is 2. The van der Waals surface area contributed by atoms with E-state index >= 15 is 0 Å². The number of rotatable bonds is 7. The molecule has 0 bridgehead atoms. The molecule has 1 aliphatic heterocycles. The minimum absolute atomic E-state index is 0.00431. The Morgan fingerprint density at radius 1 is 1.18 bits per heavy atom. The number of carbonyl (C=O) groups excluding carboxylic acids is 1. The van der Waals surface area contributed by atoms with E-state index < -0.39 is 22.0 Å². The lowest BCUT2D eigenvalue weighted by molar-refractivity contribution is 0.0941. The van der Waals surface area contributed by atoms with Crippen LogP contribution in [0.15, 0.2) is 65.8 Å². The quantitative estimate of drug-likeness (QED) is 0.556. The number of sulfonamides is 1. The Kier molecular flexibility index (Phi) is 7.04. The van der Waals surface area contributed by atoms with Gasteiger partial charge in [0.15, 0.2) is 0 Å². The Bertz CT molecular complexity index is 1260. The van der Waals surface area contributed by atoms with Crippen molar-refractivity contribution in [2.24, 2.45) is 7.05 Å². The lowest BCUT2D eigenvalue weighted by Crippen LogP contribution is -2.42. The number of hydrogen-bond donors (Lipinski definition) is 1. The van der Waals surface area contributed by atoms with E-state index in [1.54, 1.807) is 12.3 Å². The zero-order valence-corrected chi connectivity index (χ0v) is 20.5. The maximum atomic E-state index is 13.5. The van der Waals surface area contributed by atoms with Crippen molar-refractivity contribution in [3.05, 3.63) is 77.9 Å². The molecule has 34 heavy (non-hydrogen) atoms. The number of imidazole rings is 1. The van der Waals surface area contributed by atoms with Crippen LogP contribution in [0.25, 0.3) is 0 Å². The van der Waals surface area contributed by atoms with Crippen molar-refractivity contribution in [2.75, 3.05) is 13.7 Å². The summed E-state index contributed by atoms with van der Waals surface area (Å²) in [4.78, 5) is 17.8. The van der Waals surface area contributed by atoms with Gasteiger partial charge in [-0.1, -0.05) is 36.8 Å². The van der Waals surface area contributed by atoms with Gasteiger partial charge in [-0.15, -0.1) is 0 Å². The smallest absolute Gasteiger partial charge is 0.252 e. The molecule has 0 radical (unpaired) electrons. The molecular formula is C25H30N4O4S. The second-order valence-corrected chi connectivity index (χ2v) is 10.4. The Balaban J connectivity index is 1.69. The minimum Gasteiger partial charge on any atom is -0.495 e. The van der Waals surface area contributed by atoms with Gasteiger partial charge in [-0.05, 0) is 43.5 Å². The number of piperidine rings is 1. The molecule has 4 rings (SSSR count). The molecule has 1 saturated heterocycles. The highest BCUT2D eigenvalue weighted by Crippen LogP contribution is 2.32. The van der Waals surface area contributed by atoms with Crippen LogP contribution in [0.2, 0.25) is 0 Å². The molecule has 1 N–H and O–H groups in total. The third-order valence-corrected chi connectivity index (χ3v) is 8.31. The van der Waals surface area contributed by atoms with Gasteiger partial charge >= 0.3 is 0 Å². The molecule has 180 valence electrons. The Morgan fingerprint density at radius 3 is 2.59 bits per heavy atom. The molecule has 1 fully saturated rings. The van der Waals surface area contributed by atoms with E-state index in [0.717, 1.165) is 24.8 Å². The summed E-state index contributed by atoms with van der Waals surface area (Å²) in [5.41, 5.74) is 1.10. The molecule has 0 aliphatic carbocycles. The van der Waals surface area contributed by atoms with Crippen molar-refractivity contribution >= 4 is 15.9 Å². The molecule has 1 amide bonds. The van der Waals surface area contributed by atoms with Crippen LogP contribution in [-0.2, 0) is 17.1 Å². The number of ether oxygens (including phenoxy) is 1. The number of hydrogen-bond acceptors (Lipinski definition) is 5. The monoisotopic (exact) mass is 482 g/mol. The highest BCUT2D eigenvalue weighted by molar-refractivity contribution is 7.89. The molecule has 2 atom stereocenters. The predicted octanol–water partition coefficient (Wildman–Crippen LogP) is 3.51. The van der Waals surface area contributed by atoms with Crippen molar-refractivity contribution in [3.63, 3.8) is 0 Å². The van der Waals surface area contributed by atoms with Gasteiger partial charge in [-0.3, -0.25) is 4.79 Å². The van der Waals surface area contributed by atoms with Gasteiger partial charge in [0.25, 0.3) is 5.91 Å². The lowest BCUT2D eigenvalue weighted by atomic mass is 10.1. The fourth-order valence-electron chi connectivity index (χ4n) is 4.39. The van der Waals surface area contributed by atoms with Gasteiger partial charge in [-0.2, -0.15) is 4.31 Å². The lowest BCUT2D eigenvalue weighted by Gasteiger charge is -2.32. The van der Waals surface area contributed by atoms with Crippen LogP contribution in [0, 0.1) is 0 Å². The highest BCUT2D eigenvalue weighted by Gasteiger charge is 2.34. The molecule has 3 aromatic rings. The summed E-state index contributed by atoms with van der Waals surface area (Å²) < 4.78 is 35.8. The van der Waals surface area contributed by atoms with E-state index in [-0.39, 0.29) is 22.3 Å². The van der Waals surface area contributed by atoms with Gasteiger partial charge in [0.1, 0.15) is 22.5 Å². The van der Waals surface area contributed by atoms with Crippen molar-refractivity contribution in [1.29, 1.82) is 0 Å². The molecule has 9 heteroatoms. The first-order chi connectivity index (χ1) is 16.3. The largest absolute Gasteiger partial charge is 0.495 e. The van der Waals surface area contributed by atoms with E-state index in [1.165, 1.54) is 23.5 Å². The number of carbonyl (C=O) groups is 1. The van der Waals surface area contributed by atoms with Crippen LogP contribution in [0.3, 0.4) is 0 Å². The van der Waals surface area contributed by atoms with E-state index in [2.05, 4.69) is 10.3 Å². The average molecular weight is 483 g/mol. The normalized spacial score (nSPS) is 17.8. The van der Waals surface area contributed by atoms with Gasteiger partial charge < -0.3 is 14.6 Å². The number of amides is 1. The van der Waals surface area contributed by atoms with E-state index in [1.807, 2.05) is 55.1 Å². The van der Waals surface area contributed by atoms with Crippen LogP contribution < -0.4 is 10.1 Å². The van der Waals surface area contributed by atoms with E-state index in [9.17, 15) is 13.2 Å². The Morgan fingerprint density at radius 2 is 1.94 bits per heavy atom. The zero-order valence-electron chi connectivity index (χ0n) is 19.6. The topological polar surface area (TPSA) is 93.5 Å². The molecule has 1 aromatic heterocycles. The van der Waals surface area contributed by atoms with Crippen molar-refractivity contribution in [2.45, 2.75) is 43.2 Å². The van der Waals surface area contributed by atoms with Crippen LogP contribution in [-0.4, -0.2) is 47.9 Å². The van der Waals surface area contributed by atoms with Crippen LogP contribution in [0.1, 0.15) is 54.0 Å². The summed E-state index contributed by atoms with van der Waals surface area (Å²) in [6.45, 7) is 2.37. The molecule has 2 aromatic carbocycles. The van der Waals surface area contributed by atoms with Crippen LogP contribution in [0.4, 0.5) is 0 Å². The molecule has 8 nitrogen and oxygen atoms in total. The second-order valence-electron chi connectivity index (χ2n) is 8.54. The first-order valence-electron chi connectivity index (χ1n) is 11.4.